The second-order valence-corrected chi connectivity index (χ2v) is 5.46. The molecule has 0 saturated carbocycles. The van der Waals surface area contributed by atoms with E-state index in [2.05, 4.69) is 5.32 Å². The van der Waals surface area contributed by atoms with Crippen LogP contribution in [0.15, 0.2) is 18.2 Å². The molecule has 6 heteroatoms. The van der Waals surface area contributed by atoms with Gasteiger partial charge in [-0.15, -0.1) is 0 Å². The molecule has 0 radical (unpaired) electrons. The predicted octanol–water partition coefficient (Wildman–Crippen LogP) is 1.51. The van der Waals surface area contributed by atoms with Crippen molar-refractivity contribution in [2.75, 3.05) is 40.3 Å². The fraction of sp³-hybridized carbons (Fsp3) is 0.500. The van der Waals surface area contributed by atoms with E-state index in [9.17, 15) is 9.18 Å². The number of carbonyl (C=O) groups excluding carboxylic acids is 1. The number of nitrogens with one attached hydrogen (secondary N) is 1. The number of amides is 1. The molecule has 1 fully saturated rings. The number of likely N-dealkylation sites (N-methyl/N-ethyl adjacent to an activating group) is 1. The lowest BCUT2D eigenvalue weighted by molar-refractivity contribution is -0.135. The van der Waals surface area contributed by atoms with Gasteiger partial charge in [0, 0.05) is 50.9 Å². The highest BCUT2D eigenvalue weighted by molar-refractivity contribution is 6.31. The number of halogens is 2. The minimum absolute atomic E-state index is 0.154. The van der Waals surface area contributed by atoms with E-state index < -0.39 is 11.9 Å². The molecule has 1 aliphatic heterocycles. The largest absolute Gasteiger partial charge is 0.347 e. The number of nitrogens with zero attached hydrogens (tertiary/aromatic N) is 2. The van der Waals surface area contributed by atoms with Gasteiger partial charge in [0.1, 0.15) is 11.9 Å². The molecule has 1 unspecified atom stereocenters. The van der Waals surface area contributed by atoms with Gasteiger partial charge in [0.15, 0.2) is 0 Å². The second-order valence-electron chi connectivity index (χ2n) is 5.06. The van der Waals surface area contributed by atoms with Crippen molar-refractivity contribution in [3.8, 4) is 0 Å². The van der Waals surface area contributed by atoms with E-state index >= 15 is 0 Å². The monoisotopic (exact) mass is 299 g/mol. The van der Waals surface area contributed by atoms with E-state index in [-0.39, 0.29) is 11.5 Å². The Kier molecular flexibility index (Phi) is 4.96. The minimum atomic E-state index is -0.666. The molecule has 1 aliphatic rings. The molecule has 0 aliphatic carbocycles. The first-order valence-corrected chi connectivity index (χ1v) is 7.00. The van der Waals surface area contributed by atoms with Gasteiger partial charge in [-0.2, -0.15) is 0 Å². The molecule has 1 saturated heterocycles. The smallest absolute Gasteiger partial charge is 0.244 e. The first-order chi connectivity index (χ1) is 9.52. The lowest BCUT2D eigenvalue weighted by Crippen LogP contribution is -2.49. The summed E-state index contributed by atoms with van der Waals surface area (Å²) in [5, 5.41) is 3.52. The number of benzene rings is 1. The number of hydrogen-bond donors (Lipinski definition) is 1. The highest BCUT2D eigenvalue weighted by Gasteiger charge is 2.33. The molecule has 0 spiro atoms. The van der Waals surface area contributed by atoms with Crippen LogP contribution in [0.3, 0.4) is 0 Å². The average molecular weight is 300 g/mol. The maximum atomic E-state index is 14.2. The van der Waals surface area contributed by atoms with Crippen molar-refractivity contribution >= 4 is 17.5 Å². The van der Waals surface area contributed by atoms with E-state index in [1.54, 1.807) is 26.2 Å². The number of piperazine rings is 1. The van der Waals surface area contributed by atoms with Gasteiger partial charge in [0.25, 0.3) is 0 Å². The van der Waals surface area contributed by atoms with Gasteiger partial charge in [-0.05, 0) is 12.1 Å². The Bertz CT molecular complexity index is 469. The molecule has 1 aromatic rings. The van der Waals surface area contributed by atoms with Gasteiger partial charge in [-0.3, -0.25) is 9.69 Å². The van der Waals surface area contributed by atoms with Crippen LogP contribution in [0.5, 0.6) is 0 Å². The molecule has 1 heterocycles. The summed E-state index contributed by atoms with van der Waals surface area (Å²) in [7, 11) is 3.35. The maximum Gasteiger partial charge on any atom is 0.244 e. The summed E-state index contributed by atoms with van der Waals surface area (Å²) in [6, 6.07) is 3.86. The summed E-state index contributed by atoms with van der Waals surface area (Å²) in [5.74, 6) is -0.588. The van der Waals surface area contributed by atoms with Crippen LogP contribution in [0.1, 0.15) is 11.6 Å². The van der Waals surface area contributed by atoms with Crippen molar-refractivity contribution in [1.82, 2.24) is 15.1 Å². The van der Waals surface area contributed by atoms with Crippen molar-refractivity contribution < 1.29 is 9.18 Å². The zero-order valence-electron chi connectivity index (χ0n) is 11.7. The molecule has 2 rings (SSSR count). The molecule has 1 N–H and O–H groups in total. The molecule has 1 atom stereocenters. The van der Waals surface area contributed by atoms with Crippen molar-refractivity contribution in [2.24, 2.45) is 0 Å². The average Bonchev–Trinajstić information content (AvgIpc) is 2.43. The third kappa shape index (κ3) is 3.11. The van der Waals surface area contributed by atoms with Crippen LogP contribution in [0.4, 0.5) is 4.39 Å². The van der Waals surface area contributed by atoms with Gasteiger partial charge in [-0.25, -0.2) is 4.39 Å². The Labute approximate surface area is 123 Å². The summed E-state index contributed by atoms with van der Waals surface area (Å²) >= 11 is 6.14. The van der Waals surface area contributed by atoms with Crippen LogP contribution in [0.25, 0.3) is 0 Å². The van der Waals surface area contributed by atoms with E-state index in [1.807, 2.05) is 4.90 Å². The number of rotatable bonds is 3. The SMILES string of the molecule is CN(C)C(=O)C(c1c(F)cccc1Cl)N1CCNCC1. The minimum Gasteiger partial charge on any atom is -0.347 e. The first-order valence-electron chi connectivity index (χ1n) is 6.62. The molecule has 20 heavy (non-hydrogen) atoms. The number of carbonyl (C=O) groups is 1. The second kappa shape index (κ2) is 6.52. The zero-order valence-corrected chi connectivity index (χ0v) is 12.5. The van der Waals surface area contributed by atoms with E-state index in [1.165, 1.54) is 11.0 Å². The Balaban J connectivity index is 2.42. The van der Waals surface area contributed by atoms with Crippen molar-refractivity contribution in [3.05, 3.63) is 34.6 Å². The highest BCUT2D eigenvalue weighted by Crippen LogP contribution is 2.31. The Morgan fingerprint density at radius 3 is 2.60 bits per heavy atom. The Morgan fingerprint density at radius 1 is 1.40 bits per heavy atom. The van der Waals surface area contributed by atoms with E-state index in [0.29, 0.717) is 18.1 Å². The van der Waals surface area contributed by atoms with Crippen LogP contribution >= 0.6 is 11.6 Å². The van der Waals surface area contributed by atoms with Crippen LogP contribution in [0.2, 0.25) is 5.02 Å². The van der Waals surface area contributed by atoms with Crippen LogP contribution in [-0.4, -0.2) is 56.0 Å². The summed E-state index contributed by atoms with van der Waals surface area (Å²) < 4.78 is 14.2. The summed E-state index contributed by atoms with van der Waals surface area (Å²) in [5.41, 5.74) is 0.273. The fourth-order valence-corrected chi connectivity index (χ4v) is 2.69. The summed E-state index contributed by atoms with van der Waals surface area (Å²) in [6.07, 6.45) is 0. The van der Waals surface area contributed by atoms with Crippen molar-refractivity contribution in [3.63, 3.8) is 0 Å². The summed E-state index contributed by atoms with van der Waals surface area (Å²) in [4.78, 5) is 15.9. The van der Waals surface area contributed by atoms with Gasteiger partial charge in [0.2, 0.25) is 5.91 Å². The van der Waals surface area contributed by atoms with Gasteiger partial charge >= 0.3 is 0 Å². The quantitative estimate of drug-likeness (QED) is 0.919. The number of hydrogen-bond acceptors (Lipinski definition) is 3. The zero-order chi connectivity index (χ0) is 14.7. The van der Waals surface area contributed by atoms with Crippen LogP contribution < -0.4 is 5.32 Å². The molecule has 4 nitrogen and oxygen atoms in total. The highest BCUT2D eigenvalue weighted by atomic mass is 35.5. The van der Waals surface area contributed by atoms with E-state index in [0.717, 1.165) is 13.1 Å². The maximum absolute atomic E-state index is 14.2. The Morgan fingerprint density at radius 2 is 2.05 bits per heavy atom. The molecule has 1 amide bonds. The molecule has 0 aromatic heterocycles. The molecular weight excluding hydrogens is 281 g/mol. The standard InChI is InChI=1S/C14H19ClFN3O/c1-18(2)14(20)13(19-8-6-17-7-9-19)12-10(15)4-3-5-11(12)16/h3-5,13,17H,6-9H2,1-2H3. The predicted molar refractivity (Wildman–Crippen MR) is 77.3 cm³/mol. The summed E-state index contributed by atoms with van der Waals surface area (Å²) in [6.45, 7) is 2.94. The van der Waals surface area contributed by atoms with Gasteiger partial charge < -0.3 is 10.2 Å². The van der Waals surface area contributed by atoms with Crippen molar-refractivity contribution in [2.45, 2.75) is 6.04 Å². The van der Waals surface area contributed by atoms with Gasteiger partial charge in [0.05, 0.1) is 0 Å². The Hall–Kier alpha value is -1.17. The third-order valence-corrected chi connectivity index (χ3v) is 3.79. The van der Waals surface area contributed by atoms with Crippen molar-refractivity contribution in [1.29, 1.82) is 0 Å². The topological polar surface area (TPSA) is 35.6 Å². The van der Waals surface area contributed by atoms with Crippen LogP contribution in [-0.2, 0) is 4.79 Å². The third-order valence-electron chi connectivity index (χ3n) is 3.46. The molecular formula is C14H19ClFN3O. The molecule has 1 aromatic carbocycles. The molecule has 0 bridgehead atoms. The van der Waals surface area contributed by atoms with Gasteiger partial charge in [-0.1, -0.05) is 17.7 Å². The molecule has 110 valence electrons. The van der Waals surface area contributed by atoms with E-state index in [4.69, 9.17) is 11.6 Å². The normalized spacial score (nSPS) is 17.8. The fourth-order valence-electron chi connectivity index (χ4n) is 2.42. The van der Waals surface area contributed by atoms with Crippen LogP contribution in [0, 0.1) is 5.82 Å². The lowest BCUT2D eigenvalue weighted by atomic mass is 10.0. The lowest BCUT2D eigenvalue weighted by Gasteiger charge is -2.35. The first kappa shape index (κ1) is 15.2.